The molecule has 0 saturated carbocycles. The first-order valence-corrected chi connectivity index (χ1v) is 9.20. The Bertz CT molecular complexity index is 1070. The number of aromatic nitrogens is 2. The van der Waals surface area contributed by atoms with Gasteiger partial charge in [0.05, 0.1) is 23.6 Å². The molecule has 1 saturated heterocycles. The fourth-order valence-electron chi connectivity index (χ4n) is 3.43. The van der Waals surface area contributed by atoms with Gasteiger partial charge in [0.2, 0.25) is 5.75 Å². The third-order valence-corrected chi connectivity index (χ3v) is 5.11. The van der Waals surface area contributed by atoms with Crippen LogP contribution in [0.2, 0.25) is 0 Å². The van der Waals surface area contributed by atoms with Gasteiger partial charge in [-0.3, -0.25) is 14.8 Å². The molecule has 0 radical (unpaired) electrons. The molecule has 3 aromatic rings. The average Bonchev–Trinajstić information content (AvgIpc) is 3.19. The van der Waals surface area contributed by atoms with Crippen molar-refractivity contribution in [2.45, 2.75) is 18.6 Å². The van der Waals surface area contributed by atoms with Crippen LogP contribution in [0.1, 0.15) is 12.0 Å². The fraction of sp³-hybridized carbons (Fsp3) is 0.238. The first kappa shape index (κ1) is 18.7. The largest absolute Gasteiger partial charge is 0.482 e. The smallest absolute Gasteiger partial charge is 0.311 e. The number of nitro groups is 1. The van der Waals surface area contributed by atoms with Crippen molar-refractivity contribution in [3.63, 3.8) is 0 Å². The van der Waals surface area contributed by atoms with Crippen LogP contribution in [-0.4, -0.2) is 27.8 Å². The number of nitriles is 1. The number of ether oxygens (including phenoxy) is 1. The third-order valence-electron chi connectivity index (χ3n) is 5.11. The van der Waals surface area contributed by atoms with Crippen LogP contribution in [-0.2, 0) is 12.1 Å². The first-order chi connectivity index (χ1) is 14.1. The molecule has 0 atom stereocenters. The third kappa shape index (κ3) is 3.56. The van der Waals surface area contributed by atoms with Crippen LogP contribution < -0.4 is 10.1 Å². The van der Waals surface area contributed by atoms with Gasteiger partial charge in [0.25, 0.3) is 0 Å². The Morgan fingerprint density at radius 1 is 1.24 bits per heavy atom. The zero-order valence-electron chi connectivity index (χ0n) is 15.6. The van der Waals surface area contributed by atoms with Crippen molar-refractivity contribution < 1.29 is 9.66 Å². The predicted octanol–water partition coefficient (Wildman–Crippen LogP) is 3.25. The van der Waals surface area contributed by atoms with Crippen molar-refractivity contribution in [3.8, 4) is 22.9 Å². The number of rotatable bonds is 7. The second kappa shape index (κ2) is 7.73. The molecule has 146 valence electrons. The summed E-state index contributed by atoms with van der Waals surface area (Å²) in [6.07, 6.45) is 3.83. The Balaban J connectivity index is 1.69. The second-order valence-corrected chi connectivity index (χ2v) is 7.02. The first-order valence-electron chi connectivity index (χ1n) is 9.20. The number of nitrogens with zero attached hydrogens (tertiary/aromatic N) is 4. The van der Waals surface area contributed by atoms with Crippen molar-refractivity contribution in [2.75, 3.05) is 13.1 Å². The van der Waals surface area contributed by atoms with Gasteiger partial charge in [-0.05, 0) is 5.56 Å². The number of hydrogen-bond acceptors (Lipinski definition) is 6. The van der Waals surface area contributed by atoms with Crippen molar-refractivity contribution >= 4 is 5.69 Å². The number of para-hydroxylation sites is 1. The number of nitro benzene ring substituents is 1. The lowest BCUT2D eigenvalue weighted by Gasteiger charge is -2.41. The summed E-state index contributed by atoms with van der Waals surface area (Å²) in [5, 5.41) is 28.4. The lowest BCUT2D eigenvalue weighted by atomic mass is 9.89. The highest BCUT2D eigenvalue weighted by atomic mass is 16.6. The monoisotopic (exact) mass is 389 g/mol. The Labute approximate surface area is 167 Å². The maximum absolute atomic E-state index is 11.6. The van der Waals surface area contributed by atoms with Crippen LogP contribution in [0.25, 0.3) is 11.1 Å². The van der Waals surface area contributed by atoms with E-state index in [2.05, 4.69) is 16.5 Å². The fourth-order valence-corrected chi connectivity index (χ4v) is 3.43. The van der Waals surface area contributed by atoms with E-state index in [1.807, 2.05) is 36.5 Å². The summed E-state index contributed by atoms with van der Waals surface area (Å²) >= 11 is 0. The van der Waals surface area contributed by atoms with E-state index in [-0.39, 0.29) is 23.6 Å². The summed E-state index contributed by atoms with van der Waals surface area (Å²) in [5.74, 6) is 0.210. The molecule has 0 amide bonds. The van der Waals surface area contributed by atoms with Crippen LogP contribution in [0.4, 0.5) is 5.69 Å². The minimum Gasteiger partial charge on any atom is -0.482 e. The maximum Gasteiger partial charge on any atom is 0.311 e. The molecule has 2 heterocycles. The summed E-state index contributed by atoms with van der Waals surface area (Å²) in [4.78, 5) is 11.1. The lowest BCUT2D eigenvalue weighted by Crippen LogP contribution is -2.60. The Kier molecular flexibility index (Phi) is 4.97. The Morgan fingerprint density at radius 3 is 2.69 bits per heavy atom. The van der Waals surface area contributed by atoms with Gasteiger partial charge in [-0.25, -0.2) is 0 Å². The molecule has 0 aliphatic carbocycles. The van der Waals surface area contributed by atoms with Crippen LogP contribution >= 0.6 is 0 Å². The number of nitrogens with one attached hydrogen (secondary N) is 1. The Hall–Kier alpha value is -3.70. The van der Waals surface area contributed by atoms with Gasteiger partial charge >= 0.3 is 5.69 Å². The van der Waals surface area contributed by atoms with E-state index < -0.39 is 4.92 Å². The molecular weight excluding hydrogens is 370 g/mol. The highest BCUT2D eigenvalue weighted by Gasteiger charge is 2.39. The summed E-state index contributed by atoms with van der Waals surface area (Å²) in [6, 6.07) is 16.6. The molecule has 0 unspecified atom stereocenters. The van der Waals surface area contributed by atoms with Gasteiger partial charge in [-0.15, -0.1) is 0 Å². The van der Waals surface area contributed by atoms with Crippen LogP contribution in [0, 0.1) is 21.4 Å². The summed E-state index contributed by atoms with van der Waals surface area (Å²) in [7, 11) is 0. The highest BCUT2D eigenvalue weighted by Crippen LogP contribution is 2.39. The van der Waals surface area contributed by atoms with Crippen molar-refractivity contribution in [1.82, 2.24) is 15.1 Å². The Morgan fingerprint density at radius 2 is 2.03 bits per heavy atom. The van der Waals surface area contributed by atoms with E-state index in [1.165, 1.54) is 6.07 Å². The SMILES string of the molecule is N#CCC1(n2cc(-c3cccc([N+](=O)[O-])c3OCc3ccccc3)cn2)CNC1. The molecule has 29 heavy (non-hydrogen) atoms. The molecule has 0 spiro atoms. The van der Waals surface area contributed by atoms with Crippen molar-refractivity contribution in [3.05, 3.63) is 76.6 Å². The molecule has 1 N–H and O–H groups in total. The van der Waals surface area contributed by atoms with Crippen LogP contribution in [0.5, 0.6) is 5.75 Å². The minimum atomic E-state index is -0.443. The number of benzene rings is 2. The maximum atomic E-state index is 11.6. The highest BCUT2D eigenvalue weighted by molar-refractivity contribution is 5.74. The minimum absolute atomic E-state index is 0.0942. The van der Waals surface area contributed by atoms with Crippen molar-refractivity contribution in [1.29, 1.82) is 5.26 Å². The van der Waals surface area contributed by atoms with E-state index in [0.717, 1.165) is 5.56 Å². The van der Waals surface area contributed by atoms with E-state index >= 15 is 0 Å². The number of hydrogen-bond donors (Lipinski definition) is 1. The standard InChI is InChI=1S/C21H19N5O3/c22-10-9-21(14-23-15-21)25-12-17(11-24-25)18-7-4-8-19(26(27)28)20(18)29-13-16-5-2-1-3-6-16/h1-8,11-12,23H,9,13-15H2. The van der Waals surface area contributed by atoms with E-state index in [0.29, 0.717) is 30.6 Å². The molecule has 8 heteroatoms. The average molecular weight is 389 g/mol. The van der Waals surface area contributed by atoms with Crippen LogP contribution in [0.3, 0.4) is 0 Å². The molecule has 8 nitrogen and oxygen atoms in total. The van der Waals surface area contributed by atoms with Gasteiger partial charge in [0.15, 0.2) is 0 Å². The molecule has 4 rings (SSSR count). The normalized spacial score (nSPS) is 14.6. The van der Waals surface area contributed by atoms with E-state index in [9.17, 15) is 10.1 Å². The molecule has 1 aliphatic rings. The summed E-state index contributed by atoms with van der Waals surface area (Å²) < 4.78 is 7.69. The van der Waals surface area contributed by atoms with Gasteiger partial charge < -0.3 is 10.1 Å². The molecular formula is C21H19N5O3. The van der Waals surface area contributed by atoms with Gasteiger partial charge in [0.1, 0.15) is 12.1 Å². The van der Waals surface area contributed by atoms with Gasteiger partial charge in [-0.1, -0.05) is 42.5 Å². The topological polar surface area (TPSA) is 106 Å². The molecule has 1 fully saturated rings. The molecule has 1 aliphatic heterocycles. The summed E-state index contributed by atoms with van der Waals surface area (Å²) in [5.41, 5.74) is 1.75. The lowest BCUT2D eigenvalue weighted by molar-refractivity contribution is -0.385. The zero-order valence-corrected chi connectivity index (χ0v) is 15.6. The zero-order chi connectivity index (χ0) is 20.3. The van der Waals surface area contributed by atoms with Crippen LogP contribution in [0.15, 0.2) is 60.9 Å². The van der Waals surface area contributed by atoms with Gasteiger partial charge in [-0.2, -0.15) is 10.4 Å². The molecule has 1 aromatic heterocycles. The summed E-state index contributed by atoms with van der Waals surface area (Å²) in [6.45, 7) is 1.54. The van der Waals surface area contributed by atoms with Crippen molar-refractivity contribution in [2.24, 2.45) is 0 Å². The van der Waals surface area contributed by atoms with E-state index in [4.69, 9.17) is 10.00 Å². The molecule has 0 bridgehead atoms. The quantitative estimate of drug-likeness (QED) is 0.491. The predicted molar refractivity (Wildman–Crippen MR) is 106 cm³/mol. The van der Waals surface area contributed by atoms with Gasteiger partial charge in [0, 0.05) is 36.5 Å². The second-order valence-electron chi connectivity index (χ2n) is 7.02. The molecule has 2 aromatic carbocycles. The van der Waals surface area contributed by atoms with E-state index in [1.54, 1.807) is 23.0 Å².